The number of phenolic OH excluding ortho intramolecular Hbond substituents is 1. The maximum atomic E-state index is 10.1. The van der Waals surface area contributed by atoms with E-state index in [0.29, 0.717) is 18.9 Å². The van der Waals surface area contributed by atoms with Gasteiger partial charge in [-0.1, -0.05) is 13.0 Å². The normalized spacial score (nSPS) is 22.6. The molecule has 2 atom stereocenters. The highest BCUT2D eigenvalue weighted by Gasteiger charge is 2.33. The molecular weight excluding hydrogens is 270 g/mol. The van der Waals surface area contributed by atoms with E-state index in [0.717, 1.165) is 25.1 Å². The fourth-order valence-corrected chi connectivity index (χ4v) is 2.63. The molecule has 0 aromatic heterocycles. The molecule has 1 aliphatic rings. The first kappa shape index (κ1) is 16.1. The van der Waals surface area contributed by atoms with E-state index in [2.05, 4.69) is 11.8 Å². The highest BCUT2D eigenvalue weighted by atomic mass is 16.5. The summed E-state index contributed by atoms with van der Waals surface area (Å²) in [6, 6.07) is 5.51. The summed E-state index contributed by atoms with van der Waals surface area (Å²) in [4.78, 5) is 2.23. The maximum Gasteiger partial charge on any atom is 0.123 e. The van der Waals surface area contributed by atoms with Crippen LogP contribution in [0.25, 0.3) is 0 Å². The van der Waals surface area contributed by atoms with Crippen LogP contribution in [0.1, 0.15) is 18.9 Å². The van der Waals surface area contributed by atoms with Crippen LogP contribution in [0.5, 0.6) is 11.5 Å². The van der Waals surface area contributed by atoms with Gasteiger partial charge in [-0.15, -0.1) is 0 Å². The Labute approximate surface area is 126 Å². The third kappa shape index (κ3) is 4.09. The van der Waals surface area contributed by atoms with Crippen LogP contribution in [0.15, 0.2) is 18.2 Å². The monoisotopic (exact) mass is 295 g/mol. The molecule has 0 saturated carbocycles. The Bertz CT molecular complexity index is 440. The summed E-state index contributed by atoms with van der Waals surface area (Å²) in [7, 11) is 3.41. The van der Waals surface area contributed by atoms with Gasteiger partial charge in [0.1, 0.15) is 11.5 Å². The molecule has 1 saturated heterocycles. The second-order valence-corrected chi connectivity index (χ2v) is 5.38. The van der Waals surface area contributed by atoms with E-state index in [9.17, 15) is 5.11 Å². The zero-order chi connectivity index (χ0) is 15.2. The third-order valence-corrected chi connectivity index (χ3v) is 3.82. The molecule has 118 valence electrons. The molecule has 2 unspecified atom stereocenters. The van der Waals surface area contributed by atoms with E-state index < -0.39 is 0 Å². The standard InChI is InChI=1S/C16H25NO4/c1-4-7-21-13-6-5-12(14(18)8-13)9-17-10-15(19-2)16(11-17)20-3/h5-6,8,15-16,18H,4,7,9-11H2,1-3H3. The predicted molar refractivity (Wildman–Crippen MR) is 80.8 cm³/mol. The Hall–Kier alpha value is -1.30. The largest absolute Gasteiger partial charge is 0.507 e. The van der Waals surface area contributed by atoms with E-state index in [1.165, 1.54) is 0 Å². The van der Waals surface area contributed by atoms with Crippen molar-refractivity contribution in [3.8, 4) is 11.5 Å². The Balaban J connectivity index is 1.97. The predicted octanol–water partition coefficient (Wildman–Crippen LogP) is 2.03. The second-order valence-electron chi connectivity index (χ2n) is 5.38. The van der Waals surface area contributed by atoms with Gasteiger partial charge in [0.2, 0.25) is 0 Å². The Morgan fingerprint density at radius 1 is 1.19 bits per heavy atom. The zero-order valence-corrected chi connectivity index (χ0v) is 13.0. The zero-order valence-electron chi connectivity index (χ0n) is 13.0. The lowest BCUT2D eigenvalue weighted by molar-refractivity contribution is -0.00461. The molecule has 5 nitrogen and oxygen atoms in total. The van der Waals surface area contributed by atoms with Crippen molar-refractivity contribution in [3.05, 3.63) is 23.8 Å². The van der Waals surface area contributed by atoms with Gasteiger partial charge in [-0.2, -0.15) is 0 Å². The van der Waals surface area contributed by atoms with Crippen molar-refractivity contribution in [2.75, 3.05) is 33.9 Å². The van der Waals surface area contributed by atoms with Crippen molar-refractivity contribution >= 4 is 0 Å². The van der Waals surface area contributed by atoms with E-state index in [-0.39, 0.29) is 18.0 Å². The molecule has 1 aliphatic heterocycles. The fraction of sp³-hybridized carbons (Fsp3) is 0.625. The number of aromatic hydroxyl groups is 1. The average Bonchev–Trinajstić information content (AvgIpc) is 2.89. The van der Waals surface area contributed by atoms with Crippen LogP contribution < -0.4 is 4.74 Å². The minimum absolute atomic E-state index is 0.0873. The first-order valence-electron chi connectivity index (χ1n) is 7.40. The van der Waals surface area contributed by atoms with E-state index >= 15 is 0 Å². The van der Waals surface area contributed by atoms with Gasteiger partial charge in [0.15, 0.2) is 0 Å². The molecule has 1 fully saturated rings. The molecule has 1 N–H and O–H groups in total. The van der Waals surface area contributed by atoms with Crippen LogP contribution in [-0.2, 0) is 16.0 Å². The summed E-state index contributed by atoms with van der Waals surface area (Å²) >= 11 is 0. The summed E-state index contributed by atoms with van der Waals surface area (Å²) in [6.07, 6.45) is 1.13. The van der Waals surface area contributed by atoms with Crippen molar-refractivity contribution < 1.29 is 19.3 Å². The summed E-state index contributed by atoms with van der Waals surface area (Å²) in [5, 5.41) is 10.1. The first-order valence-corrected chi connectivity index (χ1v) is 7.40. The quantitative estimate of drug-likeness (QED) is 0.834. The summed E-state index contributed by atoms with van der Waals surface area (Å²) in [6.45, 7) is 5.01. The van der Waals surface area contributed by atoms with Gasteiger partial charge in [0.05, 0.1) is 18.8 Å². The van der Waals surface area contributed by atoms with Crippen molar-refractivity contribution in [2.24, 2.45) is 0 Å². The van der Waals surface area contributed by atoms with Crippen LogP contribution in [0.3, 0.4) is 0 Å². The van der Waals surface area contributed by atoms with Gasteiger partial charge in [-0.05, 0) is 12.5 Å². The molecule has 1 aromatic rings. The Kier molecular flexibility index (Phi) is 5.85. The van der Waals surface area contributed by atoms with E-state index in [1.54, 1.807) is 20.3 Å². The Morgan fingerprint density at radius 2 is 1.86 bits per heavy atom. The van der Waals surface area contributed by atoms with Gasteiger partial charge >= 0.3 is 0 Å². The summed E-state index contributed by atoms with van der Waals surface area (Å²) < 4.78 is 16.4. The van der Waals surface area contributed by atoms with Gasteiger partial charge in [-0.3, -0.25) is 4.90 Å². The minimum atomic E-state index is 0.0873. The highest BCUT2D eigenvalue weighted by molar-refractivity contribution is 5.39. The van der Waals surface area contributed by atoms with E-state index in [4.69, 9.17) is 14.2 Å². The molecule has 0 spiro atoms. The number of methoxy groups -OCH3 is 2. The number of hydrogen-bond donors (Lipinski definition) is 1. The third-order valence-electron chi connectivity index (χ3n) is 3.82. The van der Waals surface area contributed by atoms with Crippen LogP contribution in [0, 0.1) is 0 Å². The molecule has 21 heavy (non-hydrogen) atoms. The van der Waals surface area contributed by atoms with E-state index in [1.807, 2.05) is 12.1 Å². The SMILES string of the molecule is CCCOc1ccc(CN2CC(OC)C(OC)C2)c(O)c1. The van der Waals surface area contributed by atoms with Gasteiger partial charge in [-0.25, -0.2) is 0 Å². The fourth-order valence-electron chi connectivity index (χ4n) is 2.63. The van der Waals surface area contributed by atoms with Crippen molar-refractivity contribution in [1.82, 2.24) is 4.90 Å². The second kappa shape index (κ2) is 7.64. The number of rotatable bonds is 7. The van der Waals surface area contributed by atoms with Crippen LogP contribution in [0.4, 0.5) is 0 Å². The molecule has 1 aromatic carbocycles. The van der Waals surface area contributed by atoms with Gasteiger partial charge in [0, 0.05) is 45.5 Å². The van der Waals surface area contributed by atoms with Gasteiger partial charge in [0.25, 0.3) is 0 Å². The van der Waals surface area contributed by atoms with Crippen molar-refractivity contribution in [3.63, 3.8) is 0 Å². The molecule has 2 rings (SSSR count). The number of benzene rings is 1. The summed E-state index contributed by atoms with van der Waals surface area (Å²) in [5.74, 6) is 0.988. The molecule has 5 heteroatoms. The number of likely N-dealkylation sites (tertiary alicyclic amines) is 1. The maximum absolute atomic E-state index is 10.1. The minimum Gasteiger partial charge on any atom is -0.507 e. The summed E-state index contributed by atoms with van der Waals surface area (Å²) in [5.41, 5.74) is 0.894. The smallest absolute Gasteiger partial charge is 0.123 e. The van der Waals surface area contributed by atoms with Crippen LogP contribution in [0.2, 0.25) is 0 Å². The molecular formula is C16H25NO4. The molecule has 1 heterocycles. The van der Waals surface area contributed by atoms with Gasteiger partial charge < -0.3 is 19.3 Å². The van der Waals surface area contributed by atoms with Crippen molar-refractivity contribution in [1.29, 1.82) is 0 Å². The average molecular weight is 295 g/mol. The number of nitrogens with zero attached hydrogens (tertiary/aromatic N) is 1. The molecule has 0 aliphatic carbocycles. The highest BCUT2D eigenvalue weighted by Crippen LogP contribution is 2.27. The topological polar surface area (TPSA) is 51.2 Å². The number of ether oxygens (including phenoxy) is 3. The first-order chi connectivity index (χ1) is 10.2. The van der Waals surface area contributed by atoms with Crippen LogP contribution >= 0.6 is 0 Å². The molecule has 0 amide bonds. The van der Waals surface area contributed by atoms with Crippen molar-refractivity contribution in [2.45, 2.75) is 32.1 Å². The Morgan fingerprint density at radius 3 is 2.38 bits per heavy atom. The lowest BCUT2D eigenvalue weighted by atomic mass is 10.2. The lowest BCUT2D eigenvalue weighted by Gasteiger charge is -2.16. The molecule has 0 radical (unpaired) electrons. The number of hydrogen-bond acceptors (Lipinski definition) is 5. The molecule has 0 bridgehead atoms. The van der Waals surface area contributed by atoms with Crippen LogP contribution in [-0.4, -0.2) is 56.1 Å². The lowest BCUT2D eigenvalue weighted by Crippen LogP contribution is -2.27. The number of phenols is 1.